The van der Waals surface area contributed by atoms with E-state index in [1.165, 1.54) is 92.5 Å². The van der Waals surface area contributed by atoms with Crippen LogP contribution in [0.4, 0.5) is 0 Å². The van der Waals surface area contributed by atoms with Gasteiger partial charge in [-0.3, -0.25) is 0 Å². The molecule has 5 aromatic carbocycles. The van der Waals surface area contributed by atoms with E-state index >= 15 is 0 Å². The first-order chi connectivity index (χ1) is 24.6. The molecule has 0 fully saturated rings. The van der Waals surface area contributed by atoms with E-state index in [2.05, 4.69) is 210 Å². The highest BCUT2D eigenvalue weighted by atomic mass is 31.1. The fourth-order valence-corrected chi connectivity index (χ4v) is 11.3. The fourth-order valence-electron chi connectivity index (χ4n) is 7.29. The summed E-state index contributed by atoms with van der Waals surface area (Å²) in [6.45, 7) is 43.0. The Morgan fingerprint density at radius 2 is 0.556 bits per heavy atom. The van der Waals surface area contributed by atoms with Gasteiger partial charge in [-0.15, -0.1) is 0 Å². The summed E-state index contributed by atoms with van der Waals surface area (Å²) in [7, 11) is 2.56. The largest absolute Gasteiger partial charge is 0.0622 e. The molecular formula is C52H68P2. The van der Waals surface area contributed by atoms with E-state index in [9.17, 15) is 0 Å². The summed E-state index contributed by atoms with van der Waals surface area (Å²) in [6.07, 6.45) is 0. The Morgan fingerprint density at radius 3 is 0.759 bits per heavy atom. The maximum Gasteiger partial charge on any atom is 0.0234 e. The summed E-state index contributed by atoms with van der Waals surface area (Å²) in [4.78, 5) is 2.92. The second kappa shape index (κ2) is 14.5. The predicted molar refractivity (Wildman–Crippen MR) is 244 cm³/mol. The van der Waals surface area contributed by atoms with Gasteiger partial charge in [-0.2, -0.15) is 0 Å². The summed E-state index contributed by atoms with van der Waals surface area (Å²) in [5, 5.41) is 2.95. The van der Waals surface area contributed by atoms with Gasteiger partial charge in [0.1, 0.15) is 0 Å². The number of rotatable bonds is 4. The van der Waals surface area contributed by atoms with Gasteiger partial charge in [0.15, 0.2) is 0 Å². The molecule has 0 N–H and O–H groups in total. The SMILES string of the molecule is CC(C)(C)c1cc(C(C)(C)C)c(P=c2c(-c3ccccc3)c(-c3ccccc3)c2=Pc2c(C(C)(C)C)cc(C(C)(C)C)cc2C(C)(C)C)c(C(C)(C)C)c1. The van der Waals surface area contributed by atoms with Crippen molar-refractivity contribution in [3.63, 3.8) is 0 Å². The molecule has 0 unspecified atom stereocenters. The van der Waals surface area contributed by atoms with Gasteiger partial charge in [-0.05, 0) is 77.0 Å². The molecule has 2 heteroatoms. The third-order valence-corrected chi connectivity index (χ3v) is 13.6. The molecule has 286 valence electrons. The zero-order valence-electron chi connectivity index (χ0n) is 37.0. The zero-order valence-corrected chi connectivity index (χ0v) is 38.8. The molecule has 0 aliphatic carbocycles. The van der Waals surface area contributed by atoms with Gasteiger partial charge in [-0.25, -0.2) is 0 Å². The Hall–Kier alpha value is -3.04. The molecule has 0 amide bonds. The third kappa shape index (κ3) is 8.83. The molecule has 0 aliphatic heterocycles. The molecule has 0 aromatic heterocycles. The molecule has 0 atom stereocenters. The minimum atomic E-state index is -0.0216. The van der Waals surface area contributed by atoms with Crippen molar-refractivity contribution in [3.05, 3.63) is 128 Å². The van der Waals surface area contributed by atoms with Crippen LogP contribution >= 0.6 is 16.4 Å². The molecule has 0 aliphatic rings. The summed E-state index contributed by atoms with van der Waals surface area (Å²) in [6, 6.07) is 32.5. The lowest BCUT2D eigenvalue weighted by molar-refractivity contribution is 0.553. The second-order valence-electron chi connectivity index (χ2n) is 21.7. The van der Waals surface area contributed by atoms with E-state index in [1.807, 2.05) is 0 Å². The molecule has 0 saturated heterocycles. The summed E-state index contributed by atoms with van der Waals surface area (Å²) in [5.41, 5.74) is 14.1. The van der Waals surface area contributed by atoms with Gasteiger partial charge in [0.2, 0.25) is 0 Å². The van der Waals surface area contributed by atoms with Crippen molar-refractivity contribution in [3.8, 4) is 22.3 Å². The summed E-state index contributed by atoms with van der Waals surface area (Å²) >= 11 is 0. The van der Waals surface area contributed by atoms with E-state index in [-0.39, 0.29) is 32.5 Å². The van der Waals surface area contributed by atoms with Gasteiger partial charge >= 0.3 is 0 Å². The van der Waals surface area contributed by atoms with E-state index in [0.717, 1.165) is 0 Å². The monoisotopic (exact) mass is 754 g/mol. The first-order valence-corrected chi connectivity index (χ1v) is 21.8. The highest BCUT2D eigenvalue weighted by molar-refractivity contribution is 7.42. The second-order valence-corrected chi connectivity index (χ2v) is 24.0. The van der Waals surface area contributed by atoms with Crippen LogP contribution in [0.3, 0.4) is 0 Å². The number of benzene rings is 4. The number of hydrogen-bond donors (Lipinski definition) is 0. The van der Waals surface area contributed by atoms with Crippen LogP contribution in [0.15, 0.2) is 84.9 Å². The summed E-state index contributed by atoms with van der Waals surface area (Å²) < 4.78 is 0. The van der Waals surface area contributed by atoms with E-state index in [0.29, 0.717) is 0 Å². The van der Waals surface area contributed by atoms with Crippen LogP contribution in [-0.4, -0.2) is 0 Å². The normalized spacial score (nSPS) is 14.3. The summed E-state index contributed by atoms with van der Waals surface area (Å²) in [5.74, 6) is 0. The van der Waals surface area contributed by atoms with Gasteiger partial charge in [0, 0.05) is 31.6 Å². The molecule has 0 spiro atoms. The highest BCUT2D eigenvalue weighted by Gasteiger charge is 2.32. The molecule has 5 aromatic rings. The molecule has 54 heavy (non-hydrogen) atoms. The minimum absolute atomic E-state index is 0.0216. The van der Waals surface area contributed by atoms with Crippen molar-refractivity contribution >= 4 is 27.0 Å². The molecule has 0 radical (unpaired) electrons. The van der Waals surface area contributed by atoms with E-state index in [1.54, 1.807) is 0 Å². The van der Waals surface area contributed by atoms with Gasteiger partial charge < -0.3 is 0 Å². The van der Waals surface area contributed by atoms with Crippen LogP contribution in [-0.2, 0) is 32.5 Å². The Balaban J connectivity index is 2.11. The van der Waals surface area contributed by atoms with Crippen molar-refractivity contribution in [1.29, 1.82) is 0 Å². The van der Waals surface area contributed by atoms with Crippen LogP contribution in [0, 0.1) is 9.88 Å². The first-order valence-electron chi connectivity index (χ1n) is 20.0. The third-order valence-electron chi connectivity index (χ3n) is 10.7. The van der Waals surface area contributed by atoms with Gasteiger partial charge in [0.25, 0.3) is 0 Å². The van der Waals surface area contributed by atoms with Crippen molar-refractivity contribution in [2.24, 2.45) is 0 Å². The number of hydrogen-bond acceptors (Lipinski definition) is 0. The Labute approximate surface area is 333 Å². The van der Waals surface area contributed by atoms with Crippen LogP contribution in [0.2, 0.25) is 0 Å². The highest BCUT2D eigenvalue weighted by Crippen LogP contribution is 2.46. The lowest BCUT2D eigenvalue weighted by Crippen LogP contribution is -2.30. The van der Waals surface area contributed by atoms with Crippen molar-refractivity contribution in [2.75, 3.05) is 0 Å². The van der Waals surface area contributed by atoms with Crippen LogP contribution in [0.25, 0.3) is 22.3 Å². The molecular weight excluding hydrogens is 687 g/mol. The average Bonchev–Trinajstić information content (AvgIpc) is 3.02. The Kier molecular flexibility index (Phi) is 11.3. The van der Waals surface area contributed by atoms with E-state index < -0.39 is 0 Å². The maximum atomic E-state index is 2.54. The lowest BCUT2D eigenvalue weighted by atomic mass is 9.75. The predicted octanol–water partition coefficient (Wildman–Crippen LogP) is 15.3. The zero-order chi connectivity index (χ0) is 40.4. The average molecular weight is 755 g/mol. The topological polar surface area (TPSA) is 0 Å². The molecule has 5 rings (SSSR count). The quantitative estimate of drug-likeness (QED) is 0.160. The van der Waals surface area contributed by atoms with Crippen LogP contribution in [0.1, 0.15) is 158 Å². The van der Waals surface area contributed by atoms with Gasteiger partial charge in [-0.1, -0.05) is 226 Å². The van der Waals surface area contributed by atoms with Crippen LogP contribution < -0.4 is 10.6 Å². The first kappa shape index (κ1) is 42.1. The smallest absolute Gasteiger partial charge is 0.0234 e. The Morgan fingerprint density at radius 1 is 0.315 bits per heavy atom. The molecule has 0 nitrogen and oxygen atoms in total. The van der Waals surface area contributed by atoms with Crippen LogP contribution in [0.5, 0.6) is 0 Å². The van der Waals surface area contributed by atoms with Crippen molar-refractivity contribution in [2.45, 2.75) is 157 Å². The molecule has 0 heterocycles. The minimum Gasteiger partial charge on any atom is -0.0622 e. The Bertz CT molecular complexity index is 2000. The maximum absolute atomic E-state index is 2.54. The van der Waals surface area contributed by atoms with Crippen molar-refractivity contribution < 1.29 is 0 Å². The molecule has 0 saturated carbocycles. The van der Waals surface area contributed by atoms with E-state index in [4.69, 9.17) is 0 Å². The lowest BCUT2D eigenvalue weighted by Gasteiger charge is -2.33. The standard InChI is InChI=1S/C52H68P2/c1-47(2,3)35-29-37(49(7,8)9)43(38(30-35)50(10,11)12)53-45-41(33-25-21-19-22-26-33)42(34-27-23-20-24-28-34)46(45)54-44-39(51(13,14)15)31-36(48(4,5)6)32-40(44)52(16,17)18/h19-32H,1-18H3. The van der Waals surface area contributed by atoms with Gasteiger partial charge in [0.05, 0.1) is 0 Å². The fraction of sp³-hybridized carbons (Fsp3) is 0.462. The molecule has 0 bridgehead atoms. The van der Waals surface area contributed by atoms with Crippen molar-refractivity contribution in [1.82, 2.24) is 0 Å².